The predicted molar refractivity (Wildman–Crippen MR) is 116 cm³/mol. The van der Waals surface area contributed by atoms with Gasteiger partial charge in [0.1, 0.15) is 11.3 Å². The molecule has 3 aromatic rings. The predicted octanol–water partition coefficient (Wildman–Crippen LogP) is 6.00. The molecule has 0 radical (unpaired) electrons. The van der Waals surface area contributed by atoms with E-state index in [2.05, 4.69) is 19.9 Å². The van der Waals surface area contributed by atoms with Crippen LogP contribution in [0.1, 0.15) is 38.2 Å². The third-order valence-electron chi connectivity index (χ3n) is 5.22. The number of hydrogen-bond acceptors (Lipinski definition) is 4. The Bertz CT molecular complexity index is 978. The molecular formula is C22H28ClN3O2. The third kappa shape index (κ3) is 3.63. The molecule has 28 heavy (non-hydrogen) atoms. The number of ether oxygens (including phenoxy) is 2. The van der Waals surface area contributed by atoms with Crippen molar-refractivity contribution < 1.29 is 9.47 Å². The van der Waals surface area contributed by atoms with E-state index in [1.807, 2.05) is 54.9 Å². The van der Waals surface area contributed by atoms with Crippen LogP contribution in [-0.2, 0) is 7.05 Å². The summed E-state index contributed by atoms with van der Waals surface area (Å²) in [4.78, 5) is 6.75. The number of imidazole rings is 1. The Hall–Kier alpha value is -2.40. The molecule has 6 heteroatoms. The first-order chi connectivity index (χ1) is 13.4. The summed E-state index contributed by atoms with van der Waals surface area (Å²) in [6, 6.07) is 10.3. The zero-order chi connectivity index (χ0) is 20.4. The highest BCUT2D eigenvalue weighted by Crippen LogP contribution is 2.39. The van der Waals surface area contributed by atoms with E-state index < -0.39 is 0 Å². The summed E-state index contributed by atoms with van der Waals surface area (Å²) in [6.45, 7) is 4.43. The molecule has 1 aromatic heterocycles. The van der Waals surface area contributed by atoms with Crippen LogP contribution >= 0.6 is 11.6 Å². The third-order valence-corrected chi connectivity index (χ3v) is 5.46. The van der Waals surface area contributed by atoms with E-state index in [-0.39, 0.29) is 0 Å². The number of anilines is 1. The lowest BCUT2D eigenvalue weighted by molar-refractivity contribution is 0.416. The zero-order valence-corrected chi connectivity index (χ0v) is 18.2. The van der Waals surface area contributed by atoms with Gasteiger partial charge in [-0.15, -0.1) is 0 Å². The highest BCUT2D eigenvalue weighted by Gasteiger charge is 2.21. The average molecular weight is 402 g/mol. The van der Waals surface area contributed by atoms with Crippen molar-refractivity contribution in [3.05, 3.63) is 40.9 Å². The number of rotatable bonds is 7. The van der Waals surface area contributed by atoms with Crippen LogP contribution in [0.3, 0.4) is 0 Å². The zero-order valence-electron chi connectivity index (χ0n) is 17.4. The highest BCUT2D eigenvalue weighted by atomic mass is 35.5. The summed E-state index contributed by atoms with van der Waals surface area (Å²) in [6.07, 6.45) is 2.14. The molecule has 0 saturated carbocycles. The minimum absolute atomic E-state index is 0.463. The number of methoxy groups -OCH3 is 1. The maximum absolute atomic E-state index is 6.24. The maximum Gasteiger partial charge on any atom is 0.302 e. The lowest BCUT2D eigenvalue weighted by Gasteiger charge is -2.18. The van der Waals surface area contributed by atoms with E-state index in [4.69, 9.17) is 26.1 Å². The lowest BCUT2D eigenvalue weighted by Crippen LogP contribution is -2.10. The molecule has 5 nitrogen and oxygen atoms in total. The van der Waals surface area contributed by atoms with Crippen molar-refractivity contribution in [2.24, 2.45) is 7.05 Å². The SMILES string of the molecule is CCC(CC)c1ccc(OC)c2nc(Oc3ccc(Cl)cc3N(C)C)n(C)c12. The second kappa shape index (κ2) is 8.31. The molecule has 0 aliphatic heterocycles. The molecule has 0 spiro atoms. The first-order valence-electron chi connectivity index (χ1n) is 9.59. The minimum Gasteiger partial charge on any atom is -0.494 e. The Morgan fingerprint density at radius 3 is 2.39 bits per heavy atom. The van der Waals surface area contributed by atoms with Gasteiger partial charge in [0.15, 0.2) is 5.75 Å². The summed E-state index contributed by atoms with van der Waals surface area (Å²) < 4.78 is 13.8. The summed E-state index contributed by atoms with van der Waals surface area (Å²) >= 11 is 6.17. The summed E-state index contributed by atoms with van der Waals surface area (Å²) in [5, 5.41) is 0.666. The van der Waals surface area contributed by atoms with E-state index >= 15 is 0 Å². The van der Waals surface area contributed by atoms with Gasteiger partial charge >= 0.3 is 6.01 Å². The summed E-state index contributed by atoms with van der Waals surface area (Å²) in [5.74, 6) is 1.92. The van der Waals surface area contributed by atoms with Crippen LogP contribution in [0, 0.1) is 0 Å². The van der Waals surface area contributed by atoms with Crippen LogP contribution in [0.15, 0.2) is 30.3 Å². The number of benzene rings is 2. The second-order valence-corrected chi connectivity index (χ2v) is 7.57. The maximum atomic E-state index is 6.24. The van der Waals surface area contributed by atoms with Crippen LogP contribution in [-0.4, -0.2) is 30.8 Å². The van der Waals surface area contributed by atoms with Crippen molar-refractivity contribution in [2.75, 3.05) is 26.1 Å². The Labute approximate surface area is 171 Å². The number of hydrogen-bond donors (Lipinski definition) is 0. The van der Waals surface area contributed by atoms with Gasteiger partial charge in [0, 0.05) is 26.2 Å². The van der Waals surface area contributed by atoms with Gasteiger partial charge in [-0.05, 0) is 48.6 Å². The van der Waals surface area contributed by atoms with Gasteiger partial charge in [0.05, 0.1) is 18.3 Å². The van der Waals surface area contributed by atoms with Crippen molar-refractivity contribution in [2.45, 2.75) is 32.6 Å². The molecular weight excluding hydrogens is 374 g/mol. The number of aromatic nitrogens is 2. The molecule has 0 aliphatic rings. The first-order valence-corrected chi connectivity index (χ1v) is 9.97. The fourth-order valence-electron chi connectivity index (χ4n) is 3.64. The Morgan fingerprint density at radius 2 is 1.79 bits per heavy atom. The van der Waals surface area contributed by atoms with E-state index in [1.165, 1.54) is 5.56 Å². The number of nitrogens with zero attached hydrogens (tertiary/aromatic N) is 3. The summed E-state index contributed by atoms with van der Waals surface area (Å²) in [5.41, 5.74) is 4.05. The van der Waals surface area contributed by atoms with Crippen LogP contribution < -0.4 is 14.4 Å². The monoisotopic (exact) mass is 401 g/mol. The van der Waals surface area contributed by atoms with Crippen LogP contribution in [0.25, 0.3) is 11.0 Å². The van der Waals surface area contributed by atoms with Gasteiger partial charge < -0.3 is 14.4 Å². The van der Waals surface area contributed by atoms with Crippen molar-refractivity contribution in [3.63, 3.8) is 0 Å². The summed E-state index contributed by atoms with van der Waals surface area (Å²) in [7, 11) is 7.58. The molecule has 0 unspecified atom stereocenters. The van der Waals surface area contributed by atoms with Crippen LogP contribution in [0.2, 0.25) is 5.02 Å². The molecule has 150 valence electrons. The Morgan fingerprint density at radius 1 is 1.11 bits per heavy atom. The van der Waals surface area contributed by atoms with Crippen LogP contribution in [0.4, 0.5) is 5.69 Å². The smallest absolute Gasteiger partial charge is 0.302 e. The molecule has 0 amide bonds. The number of fused-ring (bicyclic) bond motifs is 1. The van der Waals surface area contributed by atoms with Gasteiger partial charge in [0.25, 0.3) is 0 Å². The standard InChI is InChI=1S/C22H28ClN3O2/c1-7-14(8-2)16-10-12-19(27-6)20-21(16)26(5)22(24-20)28-18-11-9-15(23)13-17(18)25(3)4/h9-14H,7-8H2,1-6H3. The molecule has 2 aromatic carbocycles. The van der Waals surface area contributed by atoms with E-state index in [0.717, 1.165) is 35.3 Å². The second-order valence-electron chi connectivity index (χ2n) is 7.13. The van der Waals surface area contributed by atoms with Crippen molar-refractivity contribution in [3.8, 4) is 17.5 Å². The molecule has 0 N–H and O–H groups in total. The minimum atomic E-state index is 0.463. The normalized spacial score (nSPS) is 11.3. The van der Waals surface area contributed by atoms with Crippen LogP contribution in [0.5, 0.6) is 17.5 Å². The van der Waals surface area contributed by atoms with Gasteiger partial charge in [-0.3, -0.25) is 4.57 Å². The first kappa shape index (κ1) is 20.3. The Kier molecular flexibility index (Phi) is 6.04. The quantitative estimate of drug-likeness (QED) is 0.487. The molecule has 3 rings (SSSR count). The Balaban J connectivity index is 2.16. The fraction of sp³-hybridized carbons (Fsp3) is 0.409. The molecule has 0 bridgehead atoms. The van der Waals surface area contributed by atoms with E-state index in [9.17, 15) is 0 Å². The van der Waals surface area contributed by atoms with Gasteiger partial charge in [-0.1, -0.05) is 31.5 Å². The van der Waals surface area contributed by atoms with Gasteiger partial charge in [0.2, 0.25) is 0 Å². The van der Waals surface area contributed by atoms with Gasteiger partial charge in [-0.25, -0.2) is 0 Å². The van der Waals surface area contributed by atoms with E-state index in [0.29, 0.717) is 22.7 Å². The largest absolute Gasteiger partial charge is 0.494 e. The lowest BCUT2D eigenvalue weighted by atomic mass is 9.92. The molecule has 0 saturated heterocycles. The highest BCUT2D eigenvalue weighted by molar-refractivity contribution is 6.30. The van der Waals surface area contributed by atoms with Gasteiger partial charge in [-0.2, -0.15) is 4.98 Å². The topological polar surface area (TPSA) is 39.5 Å². The number of halogens is 1. The van der Waals surface area contributed by atoms with Crippen molar-refractivity contribution in [1.29, 1.82) is 0 Å². The molecule has 0 atom stereocenters. The average Bonchev–Trinajstić information content (AvgIpc) is 3.00. The van der Waals surface area contributed by atoms with Crippen molar-refractivity contribution >= 4 is 28.3 Å². The molecule has 0 fully saturated rings. The number of aryl methyl sites for hydroxylation is 1. The molecule has 0 aliphatic carbocycles. The van der Waals surface area contributed by atoms with Crippen molar-refractivity contribution in [1.82, 2.24) is 9.55 Å². The van der Waals surface area contributed by atoms with E-state index in [1.54, 1.807) is 7.11 Å². The molecule has 1 heterocycles. The fourth-order valence-corrected chi connectivity index (χ4v) is 3.81.